The van der Waals surface area contributed by atoms with Crippen molar-refractivity contribution >= 4 is 52.4 Å². The largest absolute Gasteiger partial charge is 0.493 e. The van der Waals surface area contributed by atoms with Crippen LogP contribution in [0.25, 0.3) is 0 Å². The Kier molecular flexibility index (Phi) is 9.43. The van der Waals surface area contributed by atoms with Crippen LogP contribution in [0.15, 0.2) is 52.7 Å². The Morgan fingerprint density at radius 1 is 1.14 bits per heavy atom. The van der Waals surface area contributed by atoms with Gasteiger partial charge in [0.15, 0.2) is 16.7 Å². The van der Waals surface area contributed by atoms with Gasteiger partial charge in [-0.2, -0.15) is 5.10 Å². The van der Waals surface area contributed by atoms with E-state index in [9.17, 15) is 9.59 Å². The molecule has 0 aliphatic rings. The number of halogens is 1. The van der Waals surface area contributed by atoms with Gasteiger partial charge in [-0.05, 0) is 77.9 Å². The first-order chi connectivity index (χ1) is 16.7. The quantitative estimate of drug-likeness (QED) is 0.116. The number of aromatic carboxylic acids is 1. The molecule has 3 aromatic rings. The normalized spacial score (nSPS) is 10.9. The zero-order valence-corrected chi connectivity index (χ0v) is 22.2. The topological polar surface area (TPSA) is 123 Å². The zero-order chi connectivity index (χ0) is 25.4. The molecule has 182 valence electrons. The predicted octanol–water partition coefficient (Wildman–Crippen LogP) is 4.23. The molecule has 0 spiro atoms. The number of aromatic nitrogens is 2. The van der Waals surface area contributed by atoms with Crippen LogP contribution in [0, 0.1) is 17.4 Å². The van der Waals surface area contributed by atoms with Gasteiger partial charge in [0.1, 0.15) is 6.61 Å². The Morgan fingerprint density at radius 2 is 1.83 bits per heavy atom. The van der Waals surface area contributed by atoms with Gasteiger partial charge in [0.25, 0.3) is 5.91 Å². The Balaban J connectivity index is 1.58. The number of ether oxygens (including phenoxy) is 2. The minimum Gasteiger partial charge on any atom is -0.493 e. The summed E-state index contributed by atoms with van der Waals surface area (Å²) in [5.74, 6) is -0.0435. The van der Waals surface area contributed by atoms with Gasteiger partial charge < -0.3 is 14.6 Å². The minimum absolute atomic E-state index is 0.140. The molecule has 2 N–H and O–H groups in total. The summed E-state index contributed by atoms with van der Waals surface area (Å²) in [5.41, 5.74) is 5.96. The molecule has 3 rings (SSSR count). The zero-order valence-electron chi connectivity index (χ0n) is 19.2. The molecule has 1 amide bonds. The van der Waals surface area contributed by atoms with Gasteiger partial charge in [-0.1, -0.05) is 23.9 Å². The number of nitrogens with zero attached hydrogens (tertiary/aromatic N) is 3. The van der Waals surface area contributed by atoms with E-state index in [-0.39, 0.29) is 23.8 Å². The number of carboxylic acids is 1. The van der Waals surface area contributed by atoms with Gasteiger partial charge in [0, 0.05) is 11.4 Å². The summed E-state index contributed by atoms with van der Waals surface area (Å²) in [5, 5.41) is 13.6. The van der Waals surface area contributed by atoms with Crippen molar-refractivity contribution < 1.29 is 24.2 Å². The van der Waals surface area contributed by atoms with Gasteiger partial charge in [0.2, 0.25) is 0 Å². The lowest BCUT2D eigenvalue weighted by molar-refractivity contribution is -0.118. The van der Waals surface area contributed by atoms with E-state index in [1.54, 1.807) is 18.2 Å². The van der Waals surface area contributed by atoms with Crippen molar-refractivity contribution in [3.8, 4) is 11.5 Å². The number of carboxylic acid groups (broad SMARTS) is 1. The number of nitrogens with one attached hydrogen (secondary N) is 1. The summed E-state index contributed by atoms with van der Waals surface area (Å²) in [6, 6.07) is 11.9. The molecule has 0 unspecified atom stereocenters. The van der Waals surface area contributed by atoms with E-state index < -0.39 is 5.97 Å². The Hall–Kier alpha value is -3.19. The SMILES string of the molecule is COc1cc(/C=N\NC(=O)CSc2nc(C)cc(C)n2)cc(I)c1OCc1ccc(C(=O)O)cc1. The maximum Gasteiger partial charge on any atom is 0.335 e. The predicted molar refractivity (Wildman–Crippen MR) is 141 cm³/mol. The van der Waals surface area contributed by atoms with Gasteiger partial charge in [-0.15, -0.1) is 0 Å². The molecule has 1 aromatic heterocycles. The standard InChI is InChI=1S/C24H23IN4O5S/c1-14-8-15(2)28-24(27-14)35-13-21(30)29-26-11-17-9-19(25)22(20(10-17)33-3)34-12-16-4-6-18(7-5-16)23(31)32/h4-11H,12-13H2,1-3H3,(H,29,30)(H,31,32)/b26-11-. The average Bonchev–Trinajstić information content (AvgIpc) is 2.81. The smallest absolute Gasteiger partial charge is 0.335 e. The molecule has 0 fully saturated rings. The first-order valence-electron chi connectivity index (χ1n) is 10.3. The number of amides is 1. The molecule has 35 heavy (non-hydrogen) atoms. The van der Waals surface area contributed by atoms with Crippen molar-refractivity contribution in [2.45, 2.75) is 25.6 Å². The van der Waals surface area contributed by atoms with Crippen LogP contribution in [0.2, 0.25) is 0 Å². The number of benzene rings is 2. The summed E-state index contributed by atoms with van der Waals surface area (Å²) in [4.78, 5) is 31.7. The van der Waals surface area contributed by atoms with Crippen molar-refractivity contribution in [1.82, 2.24) is 15.4 Å². The van der Waals surface area contributed by atoms with E-state index in [0.717, 1.165) is 26.1 Å². The molecular formula is C24H23IN4O5S. The van der Waals surface area contributed by atoms with Crippen LogP contribution in [0.4, 0.5) is 0 Å². The highest BCUT2D eigenvalue weighted by atomic mass is 127. The van der Waals surface area contributed by atoms with Crippen LogP contribution in [-0.4, -0.2) is 46.0 Å². The molecule has 0 aliphatic carbocycles. The van der Waals surface area contributed by atoms with Crippen LogP contribution < -0.4 is 14.9 Å². The molecule has 11 heteroatoms. The summed E-state index contributed by atoms with van der Waals surface area (Å²) < 4.78 is 12.2. The maximum absolute atomic E-state index is 12.1. The third-order valence-electron chi connectivity index (χ3n) is 4.53. The first-order valence-corrected chi connectivity index (χ1v) is 12.4. The lowest BCUT2D eigenvalue weighted by atomic mass is 10.1. The molecule has 0 radical (unpaired) electrons. The van der Waals surface area contributed by atoms with E-state index in [1.807, 2.05) is 26.0 Å². The van der Waals surface area contributed by atoms with E-state index in [0.29, 0.717) is 16.7 Å². The number of thioether (sulfide) groups is 1. The summed E-state index contributed by atoms with van der Waals surface area (Å²) in [6.07, 6.45) is 1.52. The maximum atomic E-state index is 12.1. The highest BCUT2D eigenvalue weighted by Crippen LogP contribution is 2.34. The fourth-order valence-electron chi connectivity index (χ4n) is 2.95. The van der Waals surface area contributed by atoms with Gasteiger partial charge in [-0.25, -0.2) is 20.2 Å². The van der Waals surface area contributed by atoms with Crippen molar-refractivity contribution in [2.75, 3.05) is 12.9 Å². The van der Waals surface area contributed by atoms with Gasteiger partial charge in [0.05, 0.1) is 28.2 Å². The summed E-state index contributed by atoms with van der Waals surface area (Å²) in [6.45, 7) is 4.01. The molecular weight excluding hydrogens is 583 g/mol. The van der Waals surface area contributed by atoms with Crippen LogP contribution in [0.5, 0.6) is 11.5 Å². The fraction of sp³-hybridized carbons (Fsp3) is 0.208. The number of hydrogen-bond donors (Lipinski definition) is 2. The molecule has 1 heterocycles. The van der Waals surface area contributed by atoms with Crippen LogP contribution in [0.1, 0.15) is 32.9 Å². The second-order valence-corrected chi connectivity index (χ2v) is 9.44. The summed E-state index contributed by atoms with van der Waals surface area (Å²) >= 11 is 3.38. The second-order valence-electron chi connectivity index (χ2n) is 7.34. The number of rotatable bonds is 10. The van der Waals surface area contributed by atoms with Crippen LogP contribution >= 0.6 is 34.4 Å². The number of hydrazone groups is 1. The molecule has 0 aliphatic heterocycles. The third kappa shape index (κ3) is 7.92. The Labute approximate surface area is 220 Å². The molecule has 9 nitrogen and oxygen atoms in total. The fourth-order valence-corrected chi connectivity index (χ4v) is 4.48. The number of aryl methyl sites for hydroxylation is 2. The number of hydrogen-bond acceptors (Lipinski definition) is 8. The van der Waals surface area contributed by atoms with Crippen LogP contribution in [0.3, 0.4) is 0 Å². The lowest BCUT2D eigenvalue weighted by Gasteiger charge is -2.13. The second kappa shape index (κ2) is 12.5. The molecule has 0 saturated heterocycles. The lowest BCUT2D eigenvalue weighted by Crippen LogP contribution is -2.19. The van der Waals surface area contributed by atoms with E-state index in [2.05, 4.69) is 43.1 Å². The molecule has 0 saturated carbocycles. The number of carbonyl (C=O) groups is 2. The van der Waals surface area contributed by atoms with E-state index in [1.165, 1.54) is 37.2 Å². The van der Waals surface area contributed by atoms with Crippen molar-refractivity contribution in [3.05, 3.63) is 74.1 Å². The van der Waals surface area contributed by atoms with Crippen LogP contribution in [-0.2, 0) is 11.4 Å². The monoisotopic (exact) mass is 606 g/mol. The molecule has 2 aromatic carbocycles. The Bertz CT molecular complexity index is 1230. The highest BCUT2D eigenvalue weighted by Gasteiger charge is 2.12. The van der Waals surface area contributed by atoms with Gasteiger partial charge >= 0.3 is 5.97 Å². The van der Waals surface area contributed by atoms with Crippen molar-refractivity contribution in [1.29, 1.82) is 0 Å². The molecule has 0 bridgehead atoms. The highest BCUT2D eigenvalue weighted by molar-refractivity contribution is 14.1. The molecule has 0 atom stereocenters. The number of carbonyl (C=O) groups excluding carboxylic acids is 1. The Morgan fingerprint density at radius 3 is 2.46 bits per heavy atom. The average molecular weight is 606 g/mol. The van der Waals surface area contributed by atoms with Crippen molar-refractivity contribution in [3.63, 3.8) is 0 Å². The van der Waals surface area contributed by atoms with E-state index >= 15 is 0 Å². The van der Waals surface area contributed by atoms with Gasteiger partial charge in [-0.3, -0.25) is 4.79 Å². The number of methoxy groups -OCH3 is 1. The third-order valence-corrected chi connectivity index (χ3v) is 6.18. The first kappa shape index (κ1) is 26.4. The van der Waals surface area contributed by atoms with Crippen molar-refractivity contribution in [2.24, 2.45) is 5.10 Å². The minimum atomic E-state index is -0.976. The van der Waals surface area contributed by atoms with E-state index in [4.69, 9.17) is 14.6 Å². The summed E-state index contributed by atoms with van der Waals surface area (Å²) in [7, 11) is 1.54.